The van der Waals surface area contributed by atoms with Crippen LogP contribution in [0.5, 0.6) is 0 Å². The summed E-state index contributed by atoms with van der Waals surface area (Å²) >= 11 is 5.97. The molecule has 0 aliphatic carbocycles. The second kappa shape index (κ2) is 10.5. The van der Waals surface area contributed by atoms with Crippen LogP contribution in [0.2, 0.25) is 5.02 Å². The van der Waals surface area contributed by atoms with Crippen LogP contribution < -0.4 is 10.6 Å². The lowest BCUT2D eigenvalue weighted by molar-refractivity contribution is -0.147. The molecule has 6 nitrogen and oxygen atoms in total. The highest BCUT2D eigenvalue weighted by atomic mass is 35.5. The molecule has 0 spiro atoms. The van der Waals surface area contributed by atoms with Crippen LogP contribution in [-0.4, -0.2) is 24.4 Å². The second-order valence-corrected chi connectivity index (χ2v) is 6.76. The predicted molar refractivity (Wildman–Crippen MR) is 109 cm³/mol. The molecule has 2 N–H and O–H groups in total. The third kappa shape index (κ3) is 6.70. The van der Waals surface area contributed by atoms with E-state index in [9.17, 15) is 14.4 Å². The molecule has 0 unspecified atom stereocenters. The molecule has 7 heteroatoms. The number of aryl methyl sites for hydroxylation is 2. The monoisotopic (exact) mass is 402 g/mol. The Morgan fingerprint density at radius 3 is 2.25 bits per heavy atom. The minimum atomic E-state index is -0.526. The third-order valence-electron chi connectivity index (χ3n) is 4.04. The van der Waals surface area contributed by atoms with Gasteiger partial charge in [-0.05, 0) is 43.5 Å². The number of esters is 1. The van der Waals surface area contributed by atoms with Crippen LogP contribution in [0.25, 0.3) is 0 Å². The Kier molecular flexibility index (Phi) is 8.02. The van der Waals surface area contributed by atoms with Crippen molar-refractivity contribution in [1.29, 1.82) is 0 Å². The van der Waals surface area contributed by atoms with Gasteiger partial charge in [-0.3, -0.25) is 14.4 Å². The van der Waals surface area contributed by atoms with E-state index in [1.165, 1.54) is 0 Å². The molecule has 0 saturated heterocycles. The van der Waals surface area contributed by atoms with Gasteiger partial charge < -0.3 is 15.4 Å². The van der Waals surface area contributed by atoms with Crippen molar-refractivity contribution in [2.24, 2.45) is 0 Å². The lowest BCUT2D eigenvalue weighted by atomic mass is 10.1. The van der Waals surface area contributed by atoms with E-state index in [1.54, 1.807) is 24.3 Å². The standard InChI is InChI=1S/C21H23ClN2O4/c1-14-7-5-8-15(2)21(14)24-19(26)13-28-20(27)12-6-11-18(25)23-17-10-4-3-9-16(17)22/h3-5,7-10H,6,11-13H2,1-2H3,(H,23,25)(H,24,26). The first kappa shape index (κ1) is 21.4. The Morgan fingerprint density at radius 2 is 1.57 bits per heavy atom. The Morgan fingerprint density at radius 1 is 0.893 bits per heavy atom. The zero-order valence-corrected chi connectivity index (χ0v) is 16.6. The summed E-state index contributed by atoms with van der Waals surface area (Å²) < 4.78 is 4.97. The number of hydrogen-bond acceptors (Lipinski definition) is 4. The van der Waals surface area contributed by atoms with Gasteiger partial charge in [0.15, 0.2) is 6.61 Å². The summed E-state index contributed by atoms with van der Waals surface area (Å²) in [4.78, 5) is 35.6. The van der Waals surface area contributed by atoms with Gasteiger partial charge in [0.2, 0.25) is 5.91 Å². The smallest absolute Gasteiger partial charge is 0.306 e. The van der Waals surface area contributed by atoms with Crippen molar-refractivity contribution < 1.29 is 19.1 Å². The molecule has 148 valence electrons. The molecule has 0 fully saturated rings. The molecular weight excluding hydrogens is 380 g/mol. The van der Waals surface area contributed by atoms with Gasteiger partial charge >= 0.3 is 5.97 Å². The molecule has 2 aromatic carbocycles. The number of carbonyl (C=O) groups excluding carboxylic acids is 3. The Bertz CT molecular complexity index is 847. The number of nitrogens with one attached hydrogen (secondary N) is 2. The van der Waals surface area contributed by atoms with E-state index in [4.69, 9.17) is 16.3 Å². The summed E-state index contributed by atoms with van der Waals surface area (Å²) in [5.74, 6) is -1.17. The number of amides is 2. The number of halogens is 1. The van der Waals surface area contributed by atoms with Gasteiger partial charge in [-0.2, -0.15) is 0 Å². The fourth-order valence-corrected chi connectivity index (χ4v) is 2.76. The van der Waals surface area contributed by atoms with E-state index in [-0.39, 0.29) is 25.4 Å². The number of benzene rings is 2. The van der Waals surface area contributed by atoms with Gasteiger partial charge in [0, 0.05) is 18.5 Å². The lowest BCUT2D eigenvalue weighted by Crippen LogP contribution is -2.22. The fraction of sp³-hybridized carbons (Fsp3) is 0.286. The molecule has 0 aliphatic rings. The summed E-state index contributed by atoms with van der Waals surface area (Å²) in [7, 11) is 0. The highest BCUT2D eigenvalue weighted by molar-refractivity contribution is 6.33. The minimum absolute atomic E-state index is 0.0482. The normalized spacial score (nSPS) is 10.2. The van der Waals surface area contributed by atoms with Crippen LogP contribution in [0, 0.1) is 13.8 Å². The van der Waals surface area contributed by atoms with E-state index in [0.29, 0.717) is 17.1 Å². The average molecular weight is 403 g/mol. The Balaban J connectivity index is 1.68. The van der Waals surface area contributed by atoms with Crippen molar-refractivity contribution in [3.05, 3.63) is 58.6 Å². The number of para-hydroxylation sites is 2. The quantitative estimate of drug-likeness (QED) is 0.646. The van der Waals surface area contributed by atoms with E-state index in [1.807, 2.05) is 32.0 Å². The number of hydrogen-bond donors (Lipinski definition) is 2. The van der Waals surface area contributed by atoms with Gasteiger partial charge in [-0.15, -0.1) is 0 Å². The molecule has 0 saturated carbocycles. The van der Waals surface area contributed by atoms with Crippen molar-refractivity contribution in [3.8, 4) is 0 Å². The molecule has 0 aromatic heterocycles. The first-order valence-corrected chi connectivity index (χ1v) is 9.30. The molecule has 2 aromatic rings. The van der Waals surface area contributed by atoms with Gasteiger partial charge in [0.1, 0.15) is 0 Å². The minimum Gasteiger partial charge on any atom is -0.456 e. The topological polar surface area (TPSA) is 84.5 Å². The number of anilines is 2. The van der Waals surface area contributed by atoms with Crippen LogP contribution in [-0.2, 0) is 19.1 Å². The third-order valence-corrected chi connectivity index (χ3v) is 4.37. The Labute approximate surface area is 169 Å². The van der Waals surface area contributed by atoms with E-state index in [2.05, 4.69) is 10.6 Å². The van der Waals surface area contributed by atoms with Gasteiger partial charge in [-0.1, -0.05) is 41.9 Å². The van der Waals surface area contributed by atoms with E-state index < -0.39 is 11.9 Å². The predicted octanol–water partition coefficient (Wildman–Crippen LogP) is 4.25. The molecular formula is C21H23ClN2O4. The molecule has 2 rings (SSSR count). The highest BCUT2D eigenvalue weighted by Gasteiger charge is 2.12. The molecule has 0 heterocycles. The summed E-state index contributed by atoms with van der Waals surface area (Å²) in [5.41, 5.74) is 3.12. The number of rotatable bonds is 8. The fourth-order valence-electron chi connectivity index (χ4n) is 2.57. The van der Waals surface area contributed by atoms with E-state index in [0.717, 1.165) is 16.8 Å². The Hall–Kier alpha value is -2.86. The molecule has 0 aliphatic heterocycles. The van der Waals surface area contributed by atoms with Crippen molar-refractivity contribution >= 4 is 40.8 Å². The van der Waals surface area contributed by atoms with Crippen molar-refractivity contribution in [1.82, 2.24) is 0 Å². The molecule has 2 amide bonds. The van der Waals surface area contributed by atoms with Gasteiger partial charge in [0.25, 0.3) is 5.91 Å². The first-order valence-electron chi connectivity index (χ1n) is 8.93. The zero-order chi connectivity index (χ0) is 20.5. The van der Waals surface area contributed by atoms with Crippen LogP contribution in [0.3, 0.4) is 0 Å². The number of carbonyl (C=O) groups is 3. The lowest BCUT2D eigenvalue weighted by Gasteiger charge is -2.11. The van der Waals surface area contributed by atoms with E-state index >= 15 is 0 Å². The van der Waals surface area contributed by atoms with Crippen molar-refractivity contribution in [3.63, 3.8) is 0 Å². The summed E-state index contributed by atoms with van der Waals surface area (Å²) in [5, 5.41) is 5.88. The van der Waals surface area contributed by atoms with Crippen LogP contribution in [0.4, 0.5) is 11.4 Å². The van der Waals surface area contributed by atoms with Crippen molar-refractivity contribution in [2.45, 2.75) is 33.1 Å². The van der Waals surface area contributed by atoms with Crippen LogP contribution >= 0.6 is 11.6 Å². The SMILES string of the molecule is Cc1cccc(C)c1NC(=O)COC(=O)CCCC(=O)Nc1ccccc1Cl. The maximum Gasteiger partial charge on any atom is 0.306 e. The zero-order valence-electron chi connectivity index (χ0n) is 15.9. The summed E-state index contributed by atoms with van der Waals surface area (Å²) in [6.45, 7) is 3.42. The summed E-state index contributed by atoms with van der Waals surface area (Å²) in [6, 6.07) is 12.6. The average Bonchev–Trinajstić information content (AvgIpc) is 2.65. The first-order chi connectivity index (χ1) is 13.4. The number of ether oxygens (including phenoxy) is 1. The molecule has 0 atom stereocenters. The van der Waals surface area contributed by atoms with Crippen LogP contribution in [0.1, 0.15) is 30.4 Å². The maximum atomic E-state index is 12.0. The van der Waals surface area contributed by atoms with Gasteiger partial charge in [-0.25, -0.2) is 0 Å². The highest BCUT2D eigenvalue weighted by Crippen LogP contribution is 2.21. The van der Waals surface area contributed by atoms with Crippen molar-refractivity contribution in [2.75, 3.05) is 17.2 Å². The summed E-state index contributed by atoms with van der Waals surface area (Å²) in [6.07, 6.45) is 0.509. The second-order valence-electron chi connectivity index (χ2n) is 6.36. The maximum absolute atomic E-state index is 12.0. The molecule has 0 radical (unpaired) electrons. The molecule has 0 bridgehead atoms. The van der Waals surface area contributed by atoms with Gasteiger partial charge in [0.05, 0.1) is 10.7 Å². The van der Waals surface area contributed by atoms with Crippen LogP contribution in [0.15, 0.2) is 42.5 Å². The molecule has 28 heavy (non-hydrogen) atoms. The largest absolute Gasteiger partial charge is 0.456 e.